The van der Waals surface area contributed by atoms with Gasteiger partial charge in [0.25, 0.3) is 0 Å². The first-order chi connectivity index (χ1) is 8.26. The van der Waals surface area contributed by atoms with Crippen LogP contribution in [-0.2, 0) is 4.79 Å². The number of rotatable bonds is 1. The van der Waals surface area contributed by atoms with Gasteiger partial charge in [-0.05, 0) is 19.4 Å². The van der Waals surface area contributed by atoms with E-state index in [0.717, 1.165) is 26.1 Å². The highest BCUT2D eigenvalue weighted by Crippen LogP contribution is 2.22. The SMILES string of the molecule is O=C(O)C(F)(F)F.OC1(C2CCCCN2)CNC1. The van der Waals surface area contributed by atoms with E-state index in [2.05, 4.69) is 10.6 Å². The van der Waals surface area contributed by atoms with Gasteiger partial charge in [-0.25, -0.2) is 4.79 Å². The van der Waals surface area contributed by atoms with Gasteiger partial charge in [0.05, 0.1) is 0 Å². The maximum Gasteiger partial charge on any atom is 0.490 e. The van der Waals surface area contributed by atoms with Crippen LogP contribution in [0.1, 0.15) is 19.3 Å². The van der Waals surface area contributed by atoms with Gasteiger partial charge in [-0.1, -0.05) is 6.42 Å². The number of carbonyl (C=O) groups is 1. The van der Waals surface area contributed by atoms with Crippen LogP contribution >= 0.6 is 0 Å². The van der Waals surface area contributed by atoms with Crippen LogP contribution in [0.15, 0.2) is 0 Å². The lowest BCUT2D eigenvalue weighted by Gasteiger charge is -2.45. The first-order valence-corrected chi connectivity index (χ1v) is 5.72. The highest BCUT2D eigenvalue weighted by atomic mass is 19.4. The Balaban J connectivity index is 0.000000203. The first-order valence-electron chi connectivity index (χ1n) is 5.72. The first kappa shape index (κ1) is 15.2. The number of nitrogens with one attached hydrogen (secondary N) is 2. The molecule has 2 aliphatic rings. The Kier molecular flexibility index (Phi) is 4.94. The van der Waals surface area contributed by atoms with Crippen molar-refractivity contribution in [3.05, 3.63) is 0 Å². The van der Waals surface area contributed by atoms with Gasteiger partial charge in [-0.15, -0.1) is 0 Å². The summed E-state index contributed by atoms with van der Waals surface area (Å²) < 4.78 is 31.7. The number of carboxylic acid groups (broad SMARTS) is 1. The summed E-state index contributed by atoms with van der Waals surface area (Å²) in [5.41, 5.74) is -0.430. The van der Waals surface area contributed by atoms with Gasteiger partial charge >= 0.3 is 12.1 Å². The molecular weight excluding hydrogens is 253 g/mol. The fourth-order valence-electron chi connectivity index (χ4n) is 1.94. The summed E-state index contributed by atoms with van der Waals surface area (Å²) in [6.07, 6.45) is -1.42. The molecule has 18 heavy (non-hydrogen) atoms. The highest BCUT2D eigenvalue weighted by molar-refractivity contribution is 5.73. The summed E-state index contributed by atoms with van der Waals surface area (Å²) in [7, 11) is 0. The third-order valence-electron chi connectivity index (χ3n) is 3.06. The number of aliphatic carboxylic acids is 1. The monoisotopic (exact) mass is 270 g/mol. The van der Waals surface area contributed by atoms with E-state index in [1.54, 1.807) is 0 Å². The Morgan fingerprint density at radius 3 is 2.11 bits per heavy atom. The fraction of sp³-hybridized carbons (Fsp3) is 0.900. The van der Waals surface area contributed by atoms with Crippen molar-refractivity contribution in [3.8, 4) is 0 Å². The Labute approximate surface area is 102 Å². The minimum absolute atomic E-state index is 0.345. The molecule has 1 unspecified atom stereocenters. The zero-order valence-corrected chi connectivity index (χ0v) is 9.76. The molecule has 4 N–H and O–H groups in total. The van der Waals surface area contributed by atoms with Crippen molar-refractivity contribution < 1.29 is 28.2 Å². The van der Waals surface area contributed by atoms with Crippen molar-refractivity contribution >= 4 is 5.97 Å². The van der Waals surface area contributed by atoms with Crippen molar-refractivity contribution in [2.75, 3.05) is 19.6 Å². The van der Waals surface area contributed by atoms with Crippen molar-refractivity contribution in [2.45, 2.75) is 37.1 Å². The number of hydrogen-bond acceptors (Lipinski definition) is 4. The third kappa shape index (κ3) is 4.11. The topological polar surface area (TPSA) is 81.6 Å². The van der Waals surface area contributed by atoms with Crippen LogP contribution in [0.4, 0.5) is 13.2 Å². The van der Waals surface area contributed by atoms with E-state index in [1.165, 1.54) is 12.8 Å². The van der Waals surface area contributed by atoms with E-state index < -0.39 is 17.7 Å². The molecule has 0 saturated carbocycles. The van der Waals surface area contributed by atoms with Crippen LogP contribution < -0.4 is 10.6 Å². The molecule has 0 aromatic rings. The summed E-state index contributed by atoms with van der Waals surface area (Å²) in [5, 5.41) is 23.5. The molecule has 2 aliphatic heterocycles. The molecule has 1 atom stereocenters. The molecule has 8 heteroatoms. The Bertz CT molecular complexity index is 287. The van der Waals surface area contributed by atoms with Crippen molar-refractivity contribution in [1.29, 1.82) is 0 Å². The molecular formula is C10H17F3N2O3. The quantitative estimate of drug-likeness (QED) is 0.543. The van der Waals surface area contributed by atoms with Gasteiger partial charge < -0.3 is 20.8 Å². The van der Waals surface area contributed by atoms with E-state index in [0.29, 0.717) is 6.04 Å². The molecule has 2 fully saturated rings. The van der Waals surface area contributed by atoms with Crippen molar-refractivity contribution in [3.63, 3.8) is 0 Å². The van der Waals surface area contributed by atoms with E-state index in [1.807, 2.05) is 0 Å². The van der Waals surface area contributed by atoms with Crippen molar-refractivity contribution in [1.82, 2.24) is 10.6 Å². The molecule has 0 spiro atoms. The second-order valence-electron chi connectivity index (χ2n) is 4.51. The molecule has 2 heterocycles. The number of halogens is 3. The zero-order valence-electron chi connectivity index (χ0n) is 9.76. The lowest BCUT2D eigenvalue weighted by molar-refractivity contribution is -0.192. The van der Waals surface area contributed by atoms with Gasteiger partial charge in [0, 0.05) is 19.1 Å². The lowest BCUT2D eigenvalue weighted by Crippen LogP contribution is -2.69. The maximum absolute atomic E-state index is 10.6. The summed E-state index contributed by atoms with van der Waals surface area (Å²) in [4.78, 5) is 8.90. The lowest BCUT2D eigenvalue weighted by atomic mass is 9.83. The number of aliphatic hydroxyl groups is 1. The molecule has 5 nitrogen and oxygen atoms in total. The standard InChI is InChI=1S/C8H16N2O.C2HF3O2/c11-8(5-9-6-8)7-3-1-2-4-10-7;3-2(4,5)1(6)7/h7,9-11H,1-6H2;(H,6,7). The average Bonchev–Trinajstić information content (AvgIpc) is 2.26. The van der Waals surface area contributed by atoms with E-state index in [9.17, 15) is 18.3 Å². The van der Waals surface area contributed by atoms with E-state index in [-0.39, 0.29) is 0 Å². The summed E-state index contributed by atoms with van der Waals surface area (Å²) in [6.45, 7) is 2.61. The van der Waals surface area contributed by atoms with Crippen LogP contribution in [-0.4, -0.2) is 53.6 Å². The van der Waals surface area contributed by atoms with Crippen LogP contribution in [0.3, 0.4) is 0 Å². The van der Waals surface area contributed by atoms with E-state index >= 15 is 0 Å². The minimum atomic E-state index is -5.08. The maximum atomic E-state index is 10.6. The molecule has 0 amide bonds. The minimum Gasteiger partial charge on any atom is -0.475 e. The summed E-state index contributed by atoms with van der Waals surface area (Å²) >= 11 is 0. The van der Waals surface area contributed by atoms with Crippen molar-refractivity contribution in [2.24, 2.45) is 0 Å². The number of β-amino-alcohol motifs (C(OH)–C–C–N with tert-alkyl or cyclic N) is 1. The smallest absolute Gasteiger partial charge is 0.475 e. The highest BCUT2D eigenvalue weighted by Gasteiger charge is 2.42. The molecule has 106 valence electrons. The molecule has 0 radical (unpaired) electrons. The number of piperidine rings is 1. The third-order valence-corrected chi connectivity index (χ3v) is 3.06. The Morgan fingerprint density at radius 1 is 1.28 bits per heavy atom. The second-order valence-corrected chi connectivity index (χ2v) is 4.51. The Morgan fingerprint density at radius 2 is 1.83 bits per heavy atom. The molecule has 2 rings (SSSR count). The number of alkyl halides is 3. The fourth-order valence-corrected chi connectivity index (χ4v) is 1.94. The van der Waals surface area contributed by atoms with Gasteiger partial charge in [-0.3, -0.25) is 0 Å². The van der Waals surface area contributed by atoms with Gasteiger partial charge in [0.15, 0.2) is 0 Å². The van der Waals surface area contributed by atoms with Crippen LogP contribution in [0, 0.1) is 0 Å². The largest absolute Gasteiger partial charge is 0.490 e. The molecule has 0 bridgehead atoms. The average molecular weight is 270 g/mol. The predicted molar refractivity (Wildman–Crippen MR) is 57.2 cm³/mol. The Hall–Kier alpha value is -0.860. The van der Waals surface area contributed by atoms with Gasteiger partial charge in [-0.2, -0.15) is 13.2 Å². The van der Waals surface area contributed by atoms with Crippen LogP contribution in [0.2, 0.25) is 0 Å². The predicted octanol–water partition coefficient (Wildman–Crippen LogP) is 0.0961. The molecule has 0 aromatic carbocycles. The second kappa shape index (κ2) is 5.85. The van der Waals surface area contributed by atoms with E-state index in [4.69, 9.17) is 9.90 Å². The van der Waals surface area contributed by atoms with Crippen LogP contribution in [0.25, 0.3) is 0 Å². The number of carboxylic acids is 1. The summed E-state index contributed by atoms with van der Waals surface area (Å²) in [6, 6.07) is 0.345. The summed E-state index contributed by atoms with van der Waals surface area (Å²) in [5.74, 6) is -2.76. The molecule has 0 aromatic heterocycles. The normalized spacial score (nSPS) is 26.6. The molecule has 2 saturated heterocycles. The van der Waals surface area contributed by atoms with Gasteiger partial charge in [0.1, 0.15) is 5.60 Å². The van der Waals surface area contributed by atoms with Gasteiger partial charge in [0.2, 0.25) is 0 Å². The van der Waals surface area contributed by atoms with Crippen LogP contribution in [0.5, 0.6) is 0 Å². The number of hydrogen-bond donors (Lipinski definition) is 4. The zero-order chi connectivity index (χ0) is 13.8. The molecule has 0 aliphatic carbocycles.